The third kappa shape index (κ3) is 3.59. The van der Waals surface area contributed by atoms with Gasteiger partial charge in [-0.25, -0.2) is 9.78 Å². The average molecular weight is 369 g/mol. The van der Waals surface area contributed by atoms with Crippen molar-refractivity contribution in [3.63, 3.8) is 0 Å². The third-order valence-corrected chi connectivity index (χ3v) is 4.60. The highest BCUT2D eigenvalue weighted by atomic mass is 16.5. The van der Waals surface area contributed by atoms with E-state index in [0.29, 0.717) is 23.5 Å². The summed E-state index contributed by atoms with van der Waals surface area (Å²) in [6.45, 7) is 0. The maximum absolute atomic E-state index is 10.8. The van der Waals surface area contributed by atoms with E-state index in [0.717, 1.165) is 24.3 Å². The molecular formula is C17H19N7O3. The van der Waals surface area contributed by atoms with Crippen LogP contribution >= 0.6 is 0 Å². The van der Waals surface area contributed by atoms with Gasteiger partial charge in [0.15, 0.2) is 11.2 Å². The van der Waals surface area contributed by atoms with Crippen LogP contribution in [0.4, 0.5) is 10.7 Å². The minimum atomic E-state index is -0.993. The molecule has 0 aliphatic heterocycles. The minimum absolute atomic E-state index is 0.0461. The highest BCUT2D eigenvalue weighted by Gasteiger charge is 2.26. The molecule has 1 saturated carbocycles. The van der Waals surface area contributed by atoms with E-state index in [-0.39, 0.29) is 12.1 Å². The van der Waals surface area contributed by atoms with Crippen molar-refractivity contribution in [1.29, 1.82) is 0 Å². The summed E-state index contributed by atoms with van der Waals surface area (Å²) in [6.07, 6.45) is 2.97. The van der Waals surface area contributed by atoms with Gasteiger partial charge in [-0.3, -0.25) is 0 Å². The molecule has 1 fully saturated rings. The topological polar surface area (TPSA) is 127 Å². The Morgan fingerprint density at radius 2 is 2.04 bits per heavy atom. The molecule has 2 atom stereocenters. The number of hydrogen-bond donors (Lipinski definition) is 3. The molecule has 3 N–H and O–H groups in total. The Hall–Kier alpha value is -3.43. The minimum Gasteiger partial charge on any atom is -0.497 e. The number of methoxy groups -OCH3 is 1. The number of anilines is 1. The first kappa shape index (κ1) is 17.0. The zero-order valence-electron chi connectivity index (χ0n) is 14.7. The Morgan fingerprint density at radius 1 is 1.26 bits per heavy atom. The standard InChI is InChI=1S/C17H19N7O3/c1-27-13-6-4-12(5-7-13)24-15-14(22-23-24)9-18-16(21-15)19-10-2-3-11(8-10)20-17(25)26/h4-7,9-11,20H,2-3,8H2,1H3,(H,25,26)(H,18,19,21)/t10-,11+/m0/s1. The van der Waals surface area contributed by atoms with E-state index < -0.39 is 6.09 Å². The molecule has 0 bridgehead atoms. The van der Waals surface area contributed by atoms with E-state index in [9.17, 15) is 4.79 Å². The van der Waals surface area contributed by atoms with E-state index >= 15 is 0 Å². The lowest BCUT2D eigenvalue weighted by atomic mass is 10.2. The predicted octanol–water partition coefficient (Wildman–Crippen LogP) is 1.82. The maximum atomic E-state index is 10.8. The van der Waals surface area contributed by atoms with Crippen LogP contribution in [0.1, 0.15) is 19.3 Å². The van der Waals surface area contributed by atoms with Gasteiger partial charge >= 0.3 is 6.09 Å². The van der Waals surface area contributed by atoms with Gasteiger partial charge in [0.25, 0.3) is 0 Å². The van der Waals surface area contributed by atoms with E-state index in [4.69, 9.17) is 9.84 Å². The molecule has 2 aromatic heterocycles. The number of nitrogens with zero attached hydrogens (tertiary/aromatic N) is 5. The van der Waals surface area contributed by atoms with Gasteiger partial charge in [0, 0.05) is 12.1 Å². The van der Waals surface area contributed by atoms with Crippen LogP contribution in [0, 0.1) is 0 Å². The number of carboxylic acid groups (broad SMARTS) is 1. The molecule has 1 aliphatic rings. The monoisotopic (exact) mass is 369 g/mol. The molecule has 4 rings (SSSR count). The number of hydrogen-bond acceptors (Lipinski definition) is 7. The molecular weight excluding hydrogens is 350 g/mol. The first-order valence-electron chi connectivity index (χ1n) is 8.61. The summed E-state index contributed by atoms with van der Waals surface area (Å²) in [5, 5.41) is 22.9. The average Bonchev–Trinajstić information content (AvgIpc) is 3.28. The number of carbonyl (C=O) groups is 1. The highest BCUT2D eigenvalue weighted by Crippen LogP contribution is 2.23. The molecule has 0 radical (unpaired) electrons. The SMILES string of the molecule is COc1ccc(-n2nnc3cnc(N[C@H]4CC[C@@H](NC(=O)O)C4)nc32)cc1. The van der Waals surface area contributed by atoms with Gasteiger partial charge in [0.2, 0.25) is 5.95 Å². The van der Waals surface area contributed by atoms with E-state index in [1.54, 1.807) is 18.0 Å². The summed E-state index contributed by atoms with van der Waals surface area (Å²) in [7, 11) is 1.62. The van der Waals surface area contributed by atoms with Crippen LogP contribution in [0.5, 0.6) is 5.75 Å². The van der Waals surface area contributed by atoms with Gasteiger partial charge in [-0.2, -0.15) is 9.67 Å². The van der Waals surface area contributed by atoms with Crippen molar-refractivity contribution < 1.29 is 14.6 Å². The second-order valence-corrected chi connectivity index (χ2v) is 6.40. The van der Waals surface area contributed by atoms with Crippen molar-refractivity contribution in [2.45, 2.75) is 31.3 Å². The second kappa shape index (κ2) is 7.06. The zero-order valence-corrected chi connectivity index (χ0v) is 14.7. The normalized spacial score (nSPS) is 19.1. The van der Waals surface area contributed by atoms with Gasteiger partial charge < -0.3 is 20.5 Å². The van der Waals surface area contributed by atoms with Crippen molar-refractivity contribution in [3.05, 3.63) is 30.5 Å². The molecule has 140 valence electrons. The summed E-state index contributed by atoms with van der Waals surface area (Å²) in [6, 6.07) is 7.51. The Labute approximate surface area is 154 Å². The number of nitrogens with one attached hydrogen (secondary N) is 2. The van der Waals surface area contributed by atoms with Crippen molar-refractivity contribution >= 4 is 23.2 Å². The summed E-state index contributed by atoms with van der Waals surface area (Å²) in [5.74, 6) is 1.23. The van der Waals surface area contributed by atoms with Gasteiger partial charge in [0.1, 0.15) is 5.75 Å². The number of amides is 1. The van der Waals surface area contributed by atoms with E-state index in [2.05, 4.69) is 30.9 Å². The third-order valence-electron chi connectivity index (χ3n) is 4.60. The number of aromatic nitrogens is 5. The quantitative estimate of drug-likeness (QED) is 0.621. The van der Waals surface area contributed by atoms with Crippen LogP contribution < -0.4 is 15.4 Å². The molecule has 0 spiro atoms. The zero-order chi connectivity index (χ0) is 18.8. The first-order chi connectivity index (χ1) is 13.1. The van der Waals surface area contributed by atoms with Crippen molar-refractivity contribution in [3.8, 4) is 11.4 Å². The van der Waals surface area contributed by atoms with E-state index in [1.165, 1.54) is 0 Å². The van der Waals surface area contributed by atoms with Gasteiger partial charge in [0.05, 0.1) is 19.0 Å². The van der Waals surface area contributed by atoms with Gasteiger partial charge in [-0.05, 0) is 43.5 Å². The molecule has 0 unspecified atom stereocenters. The van der Waals surface area contributed by atoms with Gasteiger partial charge in [-0.15, -0.1) is 5.10 Å². The number of fused-ring (bicyclic) bond motifs is 1. The molecule has 2 heterocycles. The Kier molecular flexibility index (Phi) is 4.45. The van der Waals surface area contributed by atoms with Crippen LogP contribution in [0.2, 0.25) is 0 Å². The lowest BCUT2D eigenvalue weighted by Gasteiger charge is -2.13. The summed E-state index contributed by atoms with van der Waals surface area (Å²) in [4.78, 5) is 19.6. The van der Waals surface area contributed by atoms with Crippen LogP contribution in [-0.4, -0.2) is 55.4 Å². The fourth-order valence-corrected chi connectivity index (χ4v) is 3.30. The molecule has 27 heavy (non-hydrogen) atoms. The smallest absolute Gasteiger partial charge is 0.404 e. The lowest BCUT2D eigenvalue weighted by Crippen LogP contribution is -2.32. The highest BCUT2D eigenvalue weighted by molar-refractivity contribution is 5.72. The van der Waals surface area contributed by atoms with Crippen molar-refractivity contribution in [1.82, 2.24) is 30.3 Å². The number of benzene rings is 1. The fraction of sp³-hybridized carbons (Fsp3) is 0.353. The largest absolute Gasteiger partial charge is 0.497 e. The Bertz CT molecular complexity index is 957. The summed E-state index contributed by atoms with van der Waals surface area (Å²) in [5.41, 5.74) is 2.00. The Balaban J connectivity index is 1.54. The number of ether oxygens (including phenoxy) is 1. The molecule has 1 aliphatic carbocycles. The van der Waals surface area contributed by atoms with Crippen molar-refractivity contribution in [2.24, 2.45) is 0 Å². The van der Waals surface area contributed by atoms with Gasteiger partial charge in [-0.1, -0.05) is 5.21 Å². The van der Waals surface area contributed by atoms with E-state index in [1.807, 2.05) is 24.3 Å². The second-order valence-electron chi connectivity index (χ2n) is 6.40. The molecule has 1 amide bonds. The molecule has 10 nitrogen and oxygen atoms in total. The van der Waals surface area contributed by atoms with Crippen LogP contribution in [0.3, 0.4) is 0 Å². The fourth-order valence-electron chi connectivity index (χ4n) is 3.30. The van der Waals surface area contributed by atoms with Crippen LogP contribution in [0.25, 0.3) is 16.9 Å². The molecule has 10 heteroatoms. The Morgan fingerprint density at radius 3 is 2.78 bits per heavy atom. The van der Waals surface area contributed by atoms with Crippen LogP contribution in [0.15, 0.2) is 30.5 Å². The summed E-state index contributed by atoms with van der Waals surface area (Å²) < 4.78 is 6.82. The molecule has 0 saturated heterocycles. The molecule has 3 aromatic rings. The summed E-state index contributed by atoms with van der Waals surface area (Å²) >= 11 is 0. The first-order valence-corrected chi connectivity index (χ1v) is 8.61. The lowest BCUT2D eigenvalue weighted by molar-refractivity contribution is 0.190. The predicted molar refractivity (Wildman–Crippen MR) is 97.2 cm³/mol. The van der Waals surface area contributed by atoms with Crippen molar-refractivity contribution in [2.75, 3.05) is 12.4 Å². The van der Waals surface area contributed by atoms with Crippen LogP contribution in [-0.2, 0) is 0 Å². The molecule has 1 aromatic carbocycles. The maximum Gasteiger partial charge on any atom is 0.404 e. The number of rotatable bonds is 5.